The van der Waals surface area contributed by atoms with Gasteiger partial charge in [-0.1, -0.05) is 25.1 Å². The van der Waals surface area contributed by atoms with Crippen molar-refractivity contribution in [2.45, 2.75) is 19.8 Å². The lowest BCUT2D eigenvalue weighted by atomic mass is 10.1. The van der Waals surface area contributed by atoms with Crippen LogP contribution in [0.4, 0.5) is 5.69 Å². The summed E-state index contributed by atoms with van der Waals surface area (Å²) < 4.78 is 10.3. The summed E-state index contributed by atoms with van der Waals surface area (Å²) in [4.78, 5) is 24.2. The van der Waals surface area contributed by atoms with E-state index in [1.807, 2.05) is 18.2 Å². The number of carbonyl (C=O) groups excluding carboxylic acids is 2. The predicted octanol–water partition coefficient (Wildman–Crippen LogP) is 3.96. The van der Waals surface area contributed by atoms with Crippen LogP contribution in [0, 0.1) is 0 Å². The van der Waals surface area contributed by atoms with E-state index < -0.39 is 5.97 Å². The third-order valence-electron chi connectivity index (χ3n) is 4.08. The molecule has 0 bridgehead atoms. The van der Waals surface area contributed by atoms with E-state index in [1.54, 1.807) is 30.5 Å². The van der Waals surface area contributed by atoms with Crippen LogP contribution in [0.3, 0.4) is 0 Å². The van der Waals surface area contributed by atoms with Crippen molar-refractivity contribution in [3.8, 4) is 0 Å². The van der Waals surface area contributed by atoms with Crippen LogP contribution in [0.15, 0.2) is 53.1 Å². The Kier molecular flexibility index (Phi) is 4.84. The molecule has 1 heterocycles. The van der Waals surface area contributed by atoms with Crippen molar-refractivity contribution in [1.29, 1.82) is 0 Å². The molecule has 0 saturated heterocycles. The van der Waals surface area contributed by atoms with Gasteiger partial charge in [-0.3, -0.25) is 4.79 Å². The molecule has 0 aliphatic carbocycles. The molecule has 5 heteroatoms. The third kappa shape index (κ3) is 3.55. The molecule has 1 aromatic heterocycles. The number of amides is 1. The first kappa shape index (κ1) is 16.8. The summed E-state index contributed by atoms with van der Waals surface area (Å²) in [6, 6.07) is 12.7. The smallest absolute Gasteiger partial charge is 0.339 e. The van der Waals surface area contributed by atoms with Gasteiger partial charge in [0.15, 0.2) is 0 Å². The van der Waals surface area contributed by atoms with Crippen molar-refractivity contribution in [2.24, 2.45) is 0 Å². The number of hydrogen-bond acceptors (Lipinski definition) is 4. The molecule has 0 radical (unpaired) electrons. The molecule has 3 rings (SSSR count). The van der Waals surface area contributed by atoms with Gasteiger partial charge in [-0.25, -0.2) is 4.79 Å². The number of hydrogen-bond donors (Lipinski definition) is 1. The van der Waals surface area contributed by atoms with Crippen LogP contribution in [0.25, 0.3) is 11.0 Å². The maximum absolute atomic E-state index is 12.4. The number of methoxy groups -OCH3 is 1. The number of esters is 1. The number of fused-ring (bicyclic) bond motifs is 1. The normalized spacial score (nSPS) is 10.6. The first-order valence-corrected chi connectivity index (χ1v) is 8.08. The van der Waals surface area contributed by atoms with E-state index in [4.69, 9.17) is 9.15 Å². The fourth-order valence-electron chi connectivity index (χ4n) is 2.73. The molecule has 0 fully saturated rings. The fourth-order valence-corrected chi connectivity index (χ4v) is 2.73. The summed E-state index contributed by atoms with van der Waals surface area (Å²) in [5.74, 6) is -0.710. The van der Waals surface area contributed by atoms with E-state index in [2.05, 4.69) is 12.2 Å². The summed E-state index contributed by atoms with van der Waals surface area (Å²) in [6.45, 7) is 2.08. The van der Waals surface area contributed by atoms with E-state index in [0.717, 1.165) is 23.0 Å². The van der Waals surface area contributed by atoms with Gasteiger partial charge in [-0.2, -0.15) is 0 Å². The van der Waals surface area contributed by atoms with Crippen molar-refractivity contribution in [2.75, 3.05) is 12.4 Å². The number of para-hydroxylation sites is 1. The highest BCUT2D eigenvalue weighted by molar-refractivity contribution is 6.02. The molecule has 0 atom stereocenters. The van der Waals surface area contributed by atoms with Crippen LogP contribution in [0.5, 0.6) is 0 Å². The number of nitrogens with one attached hydrogen (secondary N) is 1. The zero-order valence-corrected chi connectivity index (χ0v) is 14.2. The number of ether oxygens (including phenoxy) is 1. The molecule has 0 spiro atoms. The maximum Gasteiger partial charge on any atom is 0.339 e. The molecule has 3 aromatic rings. The predicted molar refractivity (Wildman–Crippen MR) is 95.7 cm³/mol. The highest BCUT2D eigenvalue weighted by atomic mass is 16.5. The first-order valence-electron chi connectivity index (χ1n) is 8.08. The average molecular weight is 337 g/mol. The molecule has 0 aliphatic rings. The Morgan fingerprint density at radius 3 is 2.72 bits per heavy atom. The van der Waals surface area contributed by atoms with Crippen LogP contribution in [0.2, 0.25) is 0 Å². The Labute approximate surface area is 145 Å². The topological polar surface area (TPSA) is 68.5 Å². The van der Waals surface area contributed by atoms with Crippen LogP contribution in [-0.2, 0) is 22.4 Å². The van der Waals surface area contributed by atoms with Gasteiger partial charge in [0.05, 0.1) is 31.0 Å². The average Bonchev–Trinajstić information content (AvgIpc) is 3.03. The molecule has 25 heavy (non-hydrogen) atoms. The molecular weight excluding hydrogens is 318 g/mol. The van der Waals surface area contributed by atoms with Gasteiger partial charge in [0.25, 0.3) is 0 Å². The summed E-state index contributed by atoms with van der Waals surface area (Å²) in [7, 11) is 1.31. The SMILES string of the molecule is CCc1ccc2occ(CC(=O)Nc3ccccc3C(=O)OC)c2c1. The molecule has 0 saturated carbocycles. The zero-order valence-electron chi connectivity index (χ0n) is 14.2. The number of furan rings is 1. The van der Waals surface area contributed by atoms with Crippen LogP contribution < -0.4 is 5.32 Å². The summed E-state index contributed by atoms with van der Waals surface area (Å²) in [5.41, 5.74) is 3.52. The zero-order chi connectivity index (χ0) is 17.8. The largest absolute Gasteiger partial charge is 0.465 e. The standard InChI is InChI=1S/C20H19NO4/c1-3-13-8-9-18-16(10-13)14(12-25-18)11-19(22)21-17-7-5-4-6-15(17)20(23)24-2/h4-10,12H,3,11H2,1-2H3,(H,21,22). The van der Waals surface area contributed by atoms with Gasteiger partial charge in [-0.05, 0) is 36.2 Å². The molecule has 1 amide bonds. The minimum absolute atomic E-state index is 0.162. The number of benzene rings is 2. The number of carbonyl (C=O) groups is 2. The van der Waals surface area contributed by atoms with Crippen molar-refractivity contribution >= 4 is 28.5 Å². The van der Waals surface area contributed by atoms with Gasteiger partial charge in [0, 0.05) is 10.9 Å². The summed E-state index contributed by atoms with van der Waals surface area (Å²) >= 11 is 0. The Hall–Kier alpha value is -3.08. The van der Waals surface area contributed by atoms with E-state index in [9.17, 15) is 9.59 Å². The lowest BCUT2D eigenvalue weighted by molar-refractivity contribution is -0.115. The Bertz CT molecular complexity index is 926. The van der Waals surface area contributed by atoms with Gasteiger partial charge in [0.1, 0.15) is 5.58 Å². The molecule has 128 valence electrons. The van der Waals surface area contributed by atoms with E-state index in [0.29, 0.717) is 11.3 Å². The lowest BCUT2D eigenvalue weighted by Gasteiger charge is -2.09. The molecule has 2 aromatic carbocycles. The minimum atomic E-state index is -0.489. The maximum atomic E-state index is 12.4. The van der Waals surface area contributed by atoms with Crippen LogP contribution >= 0.6 is 0 Å². The quantitative estimate of drug-likeness (QED) is 0.716. The van der Waals surface area contributed by atoms with Gasteiger partial charge >= 0.3 is 5.97 Å². The lowest BCUT2D eigenvalue weighted by Crippen LogP contribution is -2.17. The fraction of sp³-hybridized carbons (Fsp3) is 0.200. The third-order valence-corrected chi connectivity index (χ3v) is 4.08. The van der Waals surface area contributed by atoms with E-state index >= 15 is 0 Å². The van der Waals surface area contributed by atoms with Gasteiger partial charge < -0.3 is 14.5 Å². The monoisotopic (exact) mass is 337 g/mol. The second kappa shape index (κ2) is 7.21. The summed E-state index contributed by atoms with van der Waals surface area (Å²) in [5, 5.41) is 3.72. The molecule has 0 aliphatic heterocycles. The highest BCUT2D eigenvalue weighted by Gasteiger charge is 2.15. The molecule has 0 unspecified atom stereocenters. The Morgan fingerprint density at radius 2 is 1.96 bits per heavy atom. The molecular formula is C20H19NO4. The van der Waals surface area contributed by atoms with Crippen molar-refractivity contribution in [3.05, 3.63) is 65.4 Å². The first-order chi connectivity index (χ1) is 12.1. The van der Waals surface area contributed by atoms with Crippen molar-refractivity contribution < 1.29 is 18.7 Å². The molecule has 1 N–H and O–H groups in total. The number of aryl methyl sites for hydroxylation is 1. The van der Waals surface area contributed by atoms with Crippen LogP contribution in [-0.4, -0.2) is 19.0 Å². The second-order valence-corrected chi connectivity index (χ2v) is 5.71. The van der Waals surface area contributed by atoms with Crippen molar-refractivity contribution in [3.63, 3.8) is 0 Å². The molecule has 5 nitrogen and oxygen atoms in total. The number of rotatable bonds is 5. The van der Waals surface area contributed by atoms with Gasteiger partial charge in [-0.15, -0.1) is 0 Å². The highest BCUT2D eigenvalue weighted by Crippen LogP contribution is 2.24. The second-order valence-electron chi connectivity index (χ2n) is 5.71. The Morgan fingerprint density at radius 1 is 1.16 bits per heavy atom. The minimum Gasteiger partial charge on any atom is -0.465 e. The van der Waals surface area contributed by atoms with Crippen molar-refractivity contribution in [1.82, 2.24) is 0 Å². The summed E-state index contributed by atoms with van der Waals surface area (Å²) in [6.07, 6.45) is 2.69. The Balaban J connectivity index is 1.81. The van der Waals surface area contributed by atoms with E-state index in [-0.39, 0.29) is 12.3 Å². The van der Waals surface area contributed by atoms with E-state index in [1.165, 1.54) is 12.7 Å². The number of anilines is 1. The van der Waals surface area contributed by atoms with Gasteiger partial charge in [0.2, 0.25) is 5.91 Å². The van der Waals surface area contributed by atoms with Crippen LogP contribution in [0.1, 0.15) is 28.4 Å².